The van der Waals surface area contributed by atoms with Gasteiger partial charge in [-0.1, -0.05) is 0 Å². The normalized spacial score (nSPS) is 24.6. The van der Waals surface area contributed by atoms with Crippen molar-refractivity contribution in [3.05, 3.63) is 48.3 Å². The second-order valence-electron chi connectivity index (χ2n) is 6.77. The molecule has 4 heterocycles. The summed E-state index contributed by atoms with van der Waals surface area (Å²) in [6.07, 6.45) is 6.02. The quantitative estimate of drug-likeness (QED) is 0.814. The van der Waals surface area contributed by atoms with Gasteiger partial charge >= 0.3 is 0 Å². The van der Waals surface area contributed by atoms with Crippen molar-refractivity contribution in [2.24, 2.45) is 0 Å². The van der Waals surface area contributed by atoms with Gasteiger partial charge in [0.05, 0.1) is 38.8 Å². The third kappa shape index (κ3) is 3.98. The summed E-state index contributed by atoms with van der Waals surface area (Å²) in [7, 11) is 0. The first-order chi connectivity index (χ1) is 12.7. The lowest BCUT2D eigenvalue weighted by atomic mass is 10.0. The van der Waals surface area contributed by atoms with Crippen molar-refractivity contribution < 1.29 is 13.9 Å². The van der Waals surface area contributed by atoms with Gasteiger partial charge in [0.25, 0.3) is 0 Å². The second kappa shape index (κ2) is 7.61. The monoisotopic (exact) mass is 359 g/mol. The zero-order valence-electron chi connectivity index (χ0n) is 14.6. The highest BCUT2D eigenvalue weighted by Crippen LogP contribution is 2.25. The van der Waals surface area contributed by atoms with Crippen LogP contribution >= 0.6 is 0 Å². The Morgan fingerprint density at radius 3 is 2.69 bits per heavy atom. The standard InChI is InChI=1S/C18H22FN5O2/c19-16-9-21-17(22-10-16)24-6-8-26-18(13-24)12-23(5-7-25-14-18)11-15-1-3-20-4-2-15/h1-4,9-10H,5-8,11-14H2. The highest BCUT2D eigenvalue weighted by Gasteiger charge is 2.41. The molecule has 2 aromatic rings. The molecule has 0 radical (unpaired) electrons. The van der Waals surface area contributed by atoms with Crippen LogP contribution in [-0.4, -0.2) is 71.5 Å². The molecule has 138 valence electrons. The summed E-state index contributed by atoms with van der Waals surface area (Å²) in [6, 6.07) is 4.05. The topological polar surface area (TPSA) is 63.6 Å². The molecule has 0 saturated carbocycles. The minimum Gasteiger partial charge on any atom is -0.377 e. The molecule has 2 aromatic heterocycles. The molecule has 2 fully saturated rings. The van der Waals surface area contributed by atoms with Crippen molar-refractivity contribution in [1.29, 1.82) is 0 Å². The number of ether oxygens (including phenoxy) is 2. The van der Waals surface area contributed by atoms with E-state index in [-0.39, 0.29) is 0 Å². The minimum atomic E-state index is -0.445. The number of hydrogen-bond acceptors (Lipinski definition) is 7. The van der Waals surface area contributed by atoms with Gasteiger partial charge in [-0.05, 0) is 17.7 Å². The van der Waals surface area contributed by atoms with Crippen LogP contribution in [0.3, 0.4) is 0 Å². The van der Waals surface area contributed by atoms with Crippen LogP contribution in [0.5, 0.6) is 0 Å². The van der Waals surface area contributed by atoms with Crippen molar-refractivity contribution in [3.8, 4) is 0 Å². The van der Waals surface area contributed by atoms with Crippen molar-refractivity contribution >= 4 is 5.95 Å². The SMILES string of the molecule is Fc1cnc(N2CCOC3(COCCN(Cc4ccncc4)C3)C2)nc1. The largest absolute Gasteiger partial charge is 0.377 e. The lowest BCUT2D eigenvalue weighted by molar-refractivity contribution is -0.100. The summed E-state index contributed by atoms with van der Waals surface area (Å²) >= 11 is 0. The Morgan fingerprint density at radius 2 is 1.88 bits per heavy atom. The molecule has 1 spiro atoms. The van der Waals surface area contributed by atoms with E-state index in [4.69, 9.17) is 9.47 Å². The number of rotatable bonds is 3. The minimum absolute atomic E-state index is 0.432. The predicted molar refractivity (Wildman–Crippen MR) is 93.2 cm³/mol. The highest BCUT2D eigenvalue weighted by atomic mass is 19.1. The molecule has 0 bridgehead atoms. The van der Waals surface area contributed by atoms with Crippen LogP contribution in [0.25, 0.3) is 0 Å². The van der Waals surface area contributed by atoms with Crippen molar-refractivity contribution in [2.75, 3.05) is 50.9 Å². The van der Waals surface area contributed by atoms with E-state index in [1.165, 1.54) is 18.0 Å². The second-order valence-corrected chi connectivity index (χ2v) is 6.77. The van der Waals surface area contributed by atoms with E-state index in [1.54, 1.807) is 0 Å². The zero-order valence-corrected chi connectivity index (χ0v) is 14.6. The van der Waals surface area contributed by atoms with Crippen LogP contribution in [0.2, 0.25) is 0 Å². The summed E-state index contributed by atoms with van der Waals surface area (Å²) in [5, 5.41) is 0. The molecular formula is C18H22FN5O2. The number of hydrogen-bond donors (Lipinski definition) is 0. The zero-order chi connectivity index (χ0) is 17.8. The van der Waals surface area contributed by atoms with Crippen LogP contribution in [0.4, 0.5) is 10.3 Å². The van der Waals surface area contributed by atoms with Gasteiger partial charge in [-0.25, -0.2) is 14.4 Å². The van der Waals surface area contributed by atoms with Gasteiger partial charge in [0.1, 0.15) is 5.60 Å². The van der Waals surface area contributed by atoms with Crippen molar-refractivity contribution in [1.82, 2.24) is 19.9 Å². The molecule has 1 unspecified atom stereocenters. The maximum atomic E-state index is 13.1. The van der Waals surface area contributed by atoms with Crippen molar-refractivity contribution in [3.63, 3.8) is 0 Å². The molecule has 2 saturated heterocycles. The van der Waals surface area contributed by atoms with E-state index in [1.807, 2.05) is 29.4 Å². The Labute approximate surface area is 151 Å². The van der Waals surface area contributed by atoms with Gasteiger partial charge in [0.2, 0.25) is 5.95 Å². The van der Waals surface area contributed by atoms with Crippen molar-refractivity contribution in [2.45, 2.75) is 12.1 Å². The van der Waals surface area contributed by atoms with Crippen LogP contribution in [0.1, 0.15) is 5.56 Å². The lowest BCUT2D eigenvalue weighted by Gasteiger charge is -2.43. The molecular weight excluding hydrogens is 337 g/mol. The van der Waals surface area contributed by atoms with E-state index in [0.717, 1.165) is 19.6 Å². The van der Waals surface area contributed by atoms with E-state index >= 15 is 0 Å². The van der Waals surface area contributed by atoms with E-state index in [0.29, 0.717) is 38.9 Å². The van der Waals surface area contributed by atoms with Crippen LogP contribution in [0.15, 0.2) is 36.9 Å². The van der Waals surface area contributed by atoms with Gasteiger partial charge in [0.15, 0.2) is 5.82 Å². The van der Waals surface area contributed by atoms with E-state index in [9.17, 15) is 4.39 Å². The molecule has 0 aliphatic carbocycles. The van der Waals surface area contributed by atoms with Crippen LogP contribution in [-0.2, 0) is 16.0 Å². The molecule has 0 aromatic carbocycles. The smallest absolute Gasteiger partial charge is 0.225 e. The summed E-state index contributed by atoms with van der Waals surface area (Å²) < 4.78 is 25.1. The Kier molecular flexibility index (Phi) is 5.05. The molecule has 0 N–H and O–H groups in total. The summed E-state index contributed by atoms with van der Waals surface area (Å²) in [4.78, 5) is 16.7. The summed E-state index contributed by atoms with van der Waals surface area (Å²) in [5.41, 5.74) is 0.770. The average Bonchev–Trinajstić information content (AvgIpc) is 2.85. The van der Waals surface area contributed by atoms with Gasteiger partial charge in [-0.2, -0.15) is 0 Å². The first-order valence-electron chi connectivity index (χ1n) is 8.78. The Balaban J connectivity index is 1.49. The Hall–Kier alpha value is -2.16. The highest BCUT2D eigenvalue weighted by molar-refractivity contribution is 5.31. The first-order valence-corrected chi connectivity index (χ1v) is 8.78. The fourth-order valence-electron chi connectivity index (χ4n) is 3.53. The molecule has 8 heteroatoms. The third-order valence-electron chi connectivity index (χ3n) is 4.72. The number of morpholine rings is 1. The van der Waals surface area contributed by atoms with Crippen LogP contribution < -0.4 is 4.90 Å². The average molecular weight is 359 g/mol. The molecule has 2 aliphatic rings. The molecule has 26 heavy (non-hydrogen) atoms. The number of nitrogens with zero attached hydrogens (tertiary/aromatic N) is 5. The maximum absolute atomic E-state index is 13.1. The molecule has 4 rings (SSSR count). The molecule has 1 atom stereocenters. The molecule has 7 nitrogen and oxygen atoms in total. The molecule has 2 aliphatic heterocycles. The number of halogens is 1. The van der Waals surface area contributed by atoms with E-state index < -0.39 is 11.4 Å². The maximum Gasteiger partial charge on any atom is 0.225 e. The fourth-order valence-corrected chi connectivity index (χ4v) is 3.53. The van der Waals surface area contributed by atoms with Gasteiger partial charge in [0, 0.05) is 38.6 Å². The van der Waals surface area contributed by atoms with Gasteiger partial charge in [-0.15, -0.1) is 0 Å². The van der Waals surface area contributed by atoms with Crippen LogP contribution in [0, 0.1) is 5.82 Å². The lowest BCUT2D eigenvalue weighted by Crippen LogP contribution is -2.59. The van der Waals surface area contributed by atoms with Gasteiger partial charge in [-0.3, -0.25) is 9.88 Å². The number of anilines is 1. The van der Waals surface area contributed by atoms with Gasteiger partial charge < -0.3 is 14.4 Å². The molecule has 0 amide bonds. The van der Waals surface area contributed by atoms with E-state index in [2.05, 4.69) is 19.9 Å². The summed E-state index contributed by atoms with van der Waals surface area (Å²) in [6.45, 7) is 5.48. The fraction of sp³-hybridized carbons (Fsp3) is 0.500. The predicted octanol–water partition coefficient (Wildman–Crippen LogP) is 1.12. The third-order valence-corrected chi connectivity index (χ3v) is 4.72. The summed E-state index contributed by atoms with van der Waals surface area (Å²) in [5.74, 6) is 0.0945. The Morgan fingerprint density at radius 1 is 1.08 bits per heavy atom. The number of aromatic nitrogens is 3. The number of pyridine rings is 1. The first kappa shape index (κ1) is 17.3. The Bertz CT molecular complexity index is 717.